The van der Waals surface area contributed by atoms with Gasteiger partial charge in [0.1, 0.15) is 30.1 Å². The Bertz CT molecular complexity index is 291. The van der Waals surface area contributed by atoms with Gasteiger partial charge in [0, 0.05) is 0 Å². The van der Waals surface area contributed by atoms with Gasteiger partial charge in [0.15, 0.2) is 0 Å². The average molecular weight is 201 g/mol. The molecule has 7 nitrogen and oxygen atoms in total. The molecular formula is C7H11N3O4. The van der Waals surface area contributed by atoms with Crippen molar-refractivity contribution < 1.29 is 20.1 Å². The maximum atomic E-state index is 9.56. The first kappa shape index (κ1) is 9.53. The Balaban J connectivity index is 2.16. The van der Waals surface area contributed by atoms with Gasteiger partial charge in [-0.1, -0.05) is 0 Å². The van der Waals surface area contributed by atoms with Crippen LogP contribution in [0.5, 0.6) is 0 Å². The largest absolute Gasteiger partial charge is 0.394 e. The molecule has 1 aliphatic heterocycles. The summed E-state index contributed by atoms with van der Waals surface area (Å²) in [7, 11) is 0. The normalized spacial score (nSPS) is 37.6. The Kier molecular flexibility index (Phi) is 2.46. The maximum absolute atomic E-state index is 9.56. The first-order valence-corrected chi connectivity index (χ1v) is 4.22. The van der Waals surface area contributed by atoms with E-state index >= 15 is 0 Å². The third-order valence-corrected chi connectivity index (χ3v) is 2.27. The highest BCUT2D eigenvalue weighted by Gasteiger charge is 2.44. The van der Waals surface area contributed by atoms with Crippen LogP contribution in [0.25, 0.3) is 0 Å². The van der Waals surface area contributed by atoms with Crippen molar-refractivity contribution in [3.8, 4) is 0 Å². The number of nitrogens with zero attached hydrogens (tertiary/aromatic N) is 2. The van der Waals surface area contributed by atoms with Crippen LogP contribution in [-0.2, 0) is 4.74 Å². The van der Waals surface area contributed by atoms with E-state index in [9.17, 15) is 10.2 Å². The Morgan fingerprint density at radius 3 is 2.71 bits per heavy atom. The number of hydrogen-bond donors (Lipinski definition) is 4. The fourth-order valence-corrected chi connectivity index (χ4v) is 1.49. The summed E-state index contributed by atoms with van der Waals surface area (Å²) in [4.78, 5) is 0. The zero-order chi connectivity index (χ0) is 10.1. The second-order valence-electron chi connectivity index (χ2n) is 3.15. The highest BCUT2D eigenvalue weighted by Crippen LogP contribution is 2.31. The molecule has 0 bridgehead atoms. The molecule has 0 aliphatic carbocycles. The van der Waals surface area contributed by atoms with Gasteiger partial charge in [-0.15, -0.1) is 0 Å². The van der Waals surface area contributed by atoms with Crippen molar-refractivity contribution in [3.63, 3.8) is 0 Å². The van der Waals surface area contributed by atoms with E-state index in [0.29, 0.717) is 5.69 Å². The van der Waals surface area contributed by atoms with Gasteiger partial charge < -0.3 is 20.1 Å². The molecule has 1 saturated heterocycles. The average Bonchev–Trinajstić information content (AvgIpc) is 2.78. The topological polar surface area (TPSA) is 111 Å². The molecule has 7 heteroatoms. The number of aromatic amines is 1. The van der Waals surface area contributed by atoms with E-state index in [0.717, 1.165) is 0 Å². The summed E-state index contributed by atoms with van der Waals surface area (Å²) in [5, 5.41) is 37.5. The van der Waals surface area contributed by atoms with Crippen LogP contribution in [0.4, 0.5) is 0 Å². The molecule has 0 spiro atoms. The van der Waals surface area contributed by atoms with Gasteiger partial charge in [-0.3, -0.25) is 0 Å². The number of aromatic nitrogens is 3. The summed E-state index contributed by atoms with van der Waals surface area (Å²) < 4.78 is 5.21. The number of hydrogen-bond acceptors (Lipinski definition) is 6. The number of aliphatic hydroxyl groups excluding tert-OH is 3. The SMILES string of the molecule is OC[C@H]1O[C@@H](c2cn[nH]n2)C(O)C1O. The number of H-pyrrole nitrogens is 1. The van der Waals surface area contributed by atoms with Crippen LogP contribution in [0.3, 0.4) is 0 Å². The molecule has 0 radical (unpaired) electrons. The van der Waals surface area contributed by atoms with Crippen LogP contribution in [-0.4, -0.2) is 55.6 Å². The molecule has 4 N–H and O–H groups in total. The summed E-state index contributed by atoms with van der Waals surface area (Å²) in [6.45, 7) is -0.341. The third kappa shape index (κ3) is 1.40. The van der Waals surface area contributed by atoms with Crippen LogP contribution in [0.2, 0.25) is 0 Å². The van der Waals surface area contributed by atoms with E-state index in [4.69, 9.17) is 9.84 Å². The Hall–Kier alpha value is -1.02. The van der Waals surface area contributed by atoms with Crippen LogP contribution in [0.1, 0.15) is 11.8 Å². The molecule has 0 amide bonds. The van der Waals surface area contributed by atoms with Gasteiger partial charge in [-0.05, 0) is 0 Å². The predicted molar refractivity (Wildman–Crippen MR) is 43.1 cm³/mol. The minimum absolute atomic E-state index is 0.341. The van der Waals surface area contributed by atoms with Crippen LogP contribution in [0.15, 0.2) is 6.20 Å². The molecule has 1 aliphatic rings. The Morgan fingerprint density at radius 2 is 2.21 bits per heavy atom. The third-order valence-electron chi connectivity index (χ3n) is 2.27. The summed E-state index contributed by atoms with van der Waals surface area (Å²) in [6.07, 6.45) is -2.29. The second-order valence-corrected chi connectivity index (χ2v) is 3.15. The Labute approximate surface area is 79.3 Å². The van der Waals surface area contributed by atoms with Gasteiger partial charge in [-0.25, -0.2) is 0 Å². The molecule has 78 valence electrons. The predicted octanol–water partition coefficient (Wildman–Crippen LogP) is -2.04. The van der Waals surface area contributed by atoms with Gasteiger partial charge in [-0.2, -0.15) is 15.4 Å². The van der Waals surface area contributed by atoms with Gasteiger partial charge in [0.25, 0.3) is 0 Å². The van der Waals surface area contributed by atoms with Crippen molar-refractivity contribution >= 4 is 0 Å². The number of aliphatic hydroxyl groups is 3. The van der Waals surface area contributed by atoms with E-state index < -0.39 is 24.4 Å². The van der Waals surface area contributed by atoms with E-state index in [-0.39, 0.29) is 6.61 Å². The molecule has 1 aromatic rings. The zero-order valence-corrected chi connectivity index (χ0v) is 7.24. The van der Waals surface area contributed by atoms with E-state index in [2.05, 4.69) is 15.4 Å². The first-order valence-electron chi connectivity index (χ1n) is 4.22. The van der Waals surface area contributed by atoms with E-state index in [1.165, 1.54) is 6.20 Å². The molecule has 0 saturated carbocycles. The molecule has 1 aromatic heterocycles. The summed E-state index contributed by atoms with van der Waals surface area (Å²) >= 11 is 0. The van der Waals surface area contributed by atoms with Crippen molar-refractivity contribution in [3.05, 3.63) is 11.9 Å². The first-order chi connectivity index (χ1) is 6.74. The number of rotatable bonds is 2. The monoisotopic (exact) mass is 201 g/mol. The Morgan fingerprint density at radius 1 is 1.43 bits per heavy atom. The molecule has 1 fully saturated rings. The maximum Gasteiger partial charge on any atom is 0.132 e. The van der Waals surface area contributed by atoms with Gasteiger partial charge >= 0.3 is 0 Å². The molecule has 4 atom stereocenters. The summed E-state index contributed by atoms with van der Waals surface area (Å²) in [5.74, 6) is 0. The molecule has 2 rings (SSSR count). The van der Waals surface area contributed by atoms with E-state index in [1.54, 1.807) is 0 Å². The van der Waals surface area contributed by atoms with Crippen LogP contribution in [0, 0.1) is 0 Å². The van der Waals surface area contributed by atoms with Crippen LogP contribution < -0.4 is 0 Å². The van der Waals surface area contributed by atoms with Gasteiger partial charge in [0.2, 0.25) is 0 Å². The molecule has 2 heterocycles. The lowest BCUT2D eigenvalue weighted by atomic mass is 10.1. The van der Waals surface area contributed by atoms with Crippen molar-refractivity contribution in [2.24, 2.45) is 0 Å². The molecule has 0 aromatic carbocycles. The molecule has 14 heavy (non-hydrogen) atoms. The van der Waals surface area contributed by atoms with Crippen molar-refractivity contribution in [2.75, 3.05) is 6.61 Å². The standard InChI is InChI=1S/C7H11N3O4/c11-2-4-5(12)6(13)7(14-4)3-1-8-10-9-3/h1,4-7,11-13H,2H2,(H,8,9,10)/t4-,5?,6?,7+/m1/s1. The lowest BCUT2D eigenvalue weighted by Crippen LogP contribution is -2.32. The minimum Gasteiger partial charge on any atom is -0.394 e. The second kappa shape index (κ2) is 3.62. The minimum atomic E-state index is -1.10. The summed E-state index contributed by atoms with van der Waals surface area (Å²) in [6, 6.07) is 0. The van der Waals surface area contributed by atoms with Gasteiger partial charge in [0.05, 0.1) is 12.8 Å². The number of nitrogens with one attached hydrogen (secondary N) is 1. The zero-order valence-electron chi connectivity index (χ0n) is 7.24. The molecule has 2 unspecified atom stereocenters. The highest BCUT2D eigenvalue weighted by atomic mass is 16.6. The van der Waals surface area contributed by atoms with Crippen molar-refractivity contribution in [1.82, 2.24) is 15.4 Å². The van der Waals surface area contributed by atoms with Crippen molar-refractivity contribution in [1.29, 1.82) is 0 Å². The highest BCUT2D eigenvalue weighted by molar-refractivity contribution is 5.05. The van der Waals surface area contributed by atoms with E-state index in [1.807, 2.05) is 0 Å². The fourth-order valence-electron chi connectivity index (χ4n) is 1.49. The fraction of sp³-hybridized carbons (Fsp3) is 0.714. The van der Waals surface area contributed by atoms with Crippen molar-refractivity contribution in [2.45, 2.75) is 24.4 Å². The number of ether oxygens (including phenoxy) is 1. The lowest BCUT2D eigenvalue weighted by molar-refractivity contribution is -0.0239. The van der Waals surface area contributed by atoms with Crippen LogP contribution >= 0.6 is 0 Å². The molecular weight excluding hydrogens is 190 g/mol. The lowest BCUT2D eigenvalue weighted by Gasteiger charge is -2.10. The smallest absolute Gasteiger partial charge is 0.132 e. The summed E-state index contributed by atoms with van der Waals surface area (Å²) in [5.41, 5.74) is 0.410. The quantitative estimate of drug-likeness (QED) is 0.438.